The highest BCUT2D eigenvalue weighted by atomic mass is 32.1. The first-order valence-electron chi connectivity index (χ1n) is 8.90. The van der Waals surface area contributed by atoms with Crippen molar-refractivity contribution in [1.82, 2.24) is 5.32 Å². The minimum absolute atomic E-state index is 0.206. The maximum atomic E-state index is 12.0. The van der Waals surface area contributed by atoms with E-state index in [4.69, 9.17) is 14.0 Å². The minimum Gasteiger partial charge on any atom is -0.444 e. The number of aldehydes is 1. The summed E-state index contributed by atoms with van der Waals surface area (Å²) in [6.07, 6.45) is 2.18. The van der Waals surface area contributed by atoms with Crippen LogP contribution in [0.4, 0.5) is 4.79 Å². The van der Waals surface area contributed by atoms with Crippen LogP contribution in [0.2, 0.25) is 0 Å². The van der Waals surface area contributed by atoms with Gasteiger partial charge in [-0.2, -0.15) is 0 Å². The van der Waals surface area contributed by atoms with E-state index >= 15 is 0 Å². The molecule has 27 heavy (non-hydrogen) atoms. The molecule has 0 radical (unpaired) electrons. The van der Waals surface area contributed by atoms with Gasteiger partial charge < -0.3 is 19.4 Å². The van der Waals surface area contributed by atoms with Crippen molar-refractivity contribution in [3.63, 3.8) is 0 Å². The summed E-state index contributed by atoms with van der Waals surface area (Å²) in [4.78, 5) is 23.6. The Morgan fingerprint density at radius 3 is 2.33 bits per heavy atom. The number of amides is 1. The molecule has 0 aliphatic carbocycles. The molecule has 0 saturated carbocycles. The van der Waals surface area contributed by atoms with E-state index in [9.17, 15) is 9.59 Å². The third-order valence-electron chi connectivity index (χ3n) is 4.50. The van der Waals surface area contributed by atoms with Crippen LogP contribution in [-0.2, 0) is 14.0 Å². The van der Waals surface area contributed by atoms with Gasteiger partial charge in [-0.1, -0.05) is 6.08 Å². The zero-order valence-corrected chi connectivity index (χ0v) is 17.9. The molecule has 1 aliphatic heterocycles. The fourth-order valence-corrected chi connectivity index (χ4v) is 3.07. The fourth-order valence-electron chi connectivity index (χ4n) is 2.41. The molecule has 1 amide bonds. The molecule has 8 heteroatoms. The standard InChI is InChI=1S/C19H28BNO5S/c1-17(2,3)24-16(23)21-10-14(8-13-9-15(11-22)27-12-13)20-25-18(4,5)19(6,7)26-20/h8-9,11-12H,10H2,1-7H3,(H,21,23). The van der Waals surface area contributed by atoms with Crippen LogP contribution in [0.1, 0.15) is 63.7 Å². The van der Waals surface area contributed by atoms with Crippen molar-refractivity contribution in [1.29, 1.82) is 0 Å². The van der Waals surface area contributed by atoms with Crippen LogP contribution in [0.25, 0.3) is 6.08 Å². The summed E-state index contributed by atoms with van der Waals surface area (Å²) < 4.78 is 17.5. The van der Waals surface area contributed by atoms with Gasteiger partial charge in [0.25, 0.3) is 0 Å². The van der Waals surface area contributed by atoms with Gasteiger partial charge in [-0.25, -0.2) is 4.79 Å². The smallest absolute Gasteiger partial charge is 0.444 e. The zero-order valence-electron chi connectivity index (χ0n) is 17.0. The number of rotatable bonds is 5. The Hall–Kier alpha value is -1.64. The van der Waals surface area contributed by atoms with Gasteiger partial charge in [0.05, 0.1) is 16.1 Å². The quantitative estimate of drug-likeness (QED) is 0.602. The maximum Gasteiger partial charge on any atom is 0.492 e. The van der Waals surface area contributed by atoms with Gasteiger partial charge in [-0.05, 0) is 70.9 Å². The van der Waals surface area contributed by atoms with Crippen LogP contribution < -0.4 is 5.32 Å². The van der Waals surface area contributed by atoms with Crippen molar-refractivity contribution in [3.05, 3.63) is 27.4 Å². The van der Waals surface area contributed by atoms with Crippen LogP contribution in [-0.4, -0.2) is 42.8 Å². The molecule has 1 aliphatic rings. The number of hydrogen-bond acceptors (Lipinski definition) is 6. The van der Waals surface area contributed by atoms with E-state index < -0.39 is 30.0 Å². The summed E-state index contributed by atoms with van der Waals surface area (Å²) >= 11 is 1.36. The normalized spacial score (nSPS) is 19.1. The molecule has 1 saturated heterocycles. The first-order valence-corrected chi connectivity index (χ1v) is 9.78. The number of carbonyl (C=O) groups excluding carboxylic acids is 2. The number of nitrogens with one attached hydrogen (secondary N) is 1. The molecule has 0 unspecified atom stereocenters. The number of thiophene rings is 1. The molecule has 6 nitrogen and oxygen atoms in total. The van der Waals surface area contributed by atoms with E-state index in [1.54, 1.807) is 6.07 Å². The number of alkyl carbamates (subject to hydrolysis) is 1. The van der Waals surface area contributed by atoms with Crippen molar-refractivity contribution in [3.8, 4) is 0 Å². The van der Waals surface area contributed by atoms with Crippen molar-refractivity contribution >= 4 is 36.9 Å². The third kappa shape index (κ3) is 5.67. The van der Waals surface area contributed by atoms with Crippen molar-refractivity contribution < 1.29 is 23.6 Å². The van der Waals surface area contributed by atoms with Gasteiger partial charge >= 0.3 is 13.2 Å². The molecular formula is C19H28BNO5S. The molecule has 0 bridgehead atoms. The van der Waals surface area contributed by atoms with E-state index in [1.807, 2.05) is 59.9 Å². The van der Waals surface area contributed by atoms with Crippen molar-refractivity contribution in [2.24, 2.45) is 0 Å². The Morgan fingerprint density at radius 1 is 1.26 bits per heavy atom. The molecular weight excluding hydrogens is 365 g/mol. The van der Waals surface area contributed by atoms with Gasteiger partial charge in [-0.15, -0.1) is 11.3 Å². The van der Waals surface area contributed by atoms with Crippen LogP contribution in [0.3, 0.4) is 0 Å². The lowest BCUT2D eigenvalue weighted by Crippen LogP contribution is -2.41. The molecule has 1 aromatic rings. The lowest BCUT2D eigenvalue weighted by molar-refractivity contribution is 0.00578. The molecule has 2 heterocycles. The highest BCUT2D eigenvalue weighted by Gasteiger charge is 2.52. The van der Waals surface area contributed by atoms with Crippen LogP contribution in [0.15, 0.2) is 16.9 Å². The summed E-state index contributed by atoms with van der Waals surface area (Å²) in [6, 6.07) is 1.79. The van der Waals surface area contributed by atoms with E-state index in [1.165, 1.54) is 11.3 Å². The highest BCUT2D eigenvalue weighted by molar-refractivity contribution is 7.11. The molecule has 0 atom stereocenters. The van der Waals surface area contributed by atoms with Gasteiger partial charge in [0.1, 0.15) is 5.60 Å². The fraction of sp³-hybridized carbons (Fsp3) is 0.579. The maximum absolute atomic E-state index is 12.0. The first-order chi connectivity index (χ1) is 12.3. The Balaban J connectivity index is 2.21. The summed E-state index contributed by atoms with van der Waals surface area (Å²) in [7, 11) is -0.607. The molecule has 1 aromatic heterocycles. The monoisotopic (exact) mass is 393 g/mol. The average Bonchev–Trinajstić information content (AvgIpc) is 3.03. The van der Waals surface area contributed by atoms with Gasteiger partial charge in [0.2, 0.25) is 0 Å². The summed E-state index contributed by atoms with van der Waals surface area (Å²) in [5.41, 5.74) is 0.0358. The van der Waals surface area contributed by atoms with Crippen molar-refractivity contribution in [2.75, 3.05) is 6.54 Å². The minimum atomic E-state index is -0.607. The lowest BCUT2D eigenvalue weighted by Gasteiger charge is -2.32. The predicted molar refractivity (Wildman–Crippen MR) is 108 cm³/mol. The molecule has 0 aromatic carbocycles. The predicted octanol–water partition coefficient (Wildman–Crippen LogP) is 4.10. The lowest BCUT2D eigenvalue weighted by atomic mass is 9.77. The van der Waals surface area contributed by atoms with Gasteiger partial charge in [0, 0.05) is 6.54 Å². The number of ether oxygens (including phenoxy) is 1. The van der Waals surface area contributed by atoms with Crippen LogP contribution in [0.5, 0.6) is 0 Å². The average molecular weight is 393 g/mol. The second-order valence-electron chi connectivity index (χ2n) is 8.56. The summed E-state index contributed by atoms with van der Waals surface area (Å²) in [6.45, 7) is 13.5. The topological polar surface area (TPSA) is 73.9 Å². The van der Waals surface area contributed by atoms with E-state index in [-0.39, 0.29) is 6.54 Å². The number of carbonyl (C=O) groups is 2. The van der Waals surface area contributed by atoms with Gasteiger partial charge in [0.15, 0.2) is 6.29 Å². The Labute approximate surface area is 165 Å². The summed E-state index contributed by atoms with van der Waals surface area (Å²) in [5, 5.41) is 4.63. The first kappa shape index (κ1) is 21.7. The molecule has 0 spiro atoms. The Kier molecular flexibility index (Phi) is 6.24. The molecule has 1 fully saturated rings. The second kappa shape index (κ2) is 7.77. The van der Waals surface area contributed by atoms with Crippen molar-refractivity contribution in [2.45, 2.75) is 65.3 Å². The zero-order chi connectivity index (χ0) is 20.5. The Morgan fingerprint density at radius 2 is 1.85 bits per heavy atom. The largest absolute Gasteiger partial charge is 0.492 e. The Bertz CT molecular complexity index is 717. The highest BCUT2D eigenvalue weighted by Crippen LogP contribution is 2.38. The van der Waals surface area contributed by atoms with Crippen LogP contribution >= 0.6 is 11.3 Å². The van der Waals surface area contributed by atoms with Gasteiger partial charge in [-0.3, -0.25) is 4.79 Å². The third-order valence-corrected chi connectivity index (χ3v) is 5.38. The number of hydrogen-bond donors (Lipinski definition) is 1. The molecule has 148 valence electrons. The molecule has 2 rings (SSSR count). The second-order valence-corrected chi connectivity index (χ2v) is 9.51. The van der Waals surface area contributed by atoms with E-state index in [0.717, 1.165) is 17.3 Å². The van der Waals surface area contributed by atoms with E-state index in [0.29, 0.717) is 4.88 Å². The summed E-state index contributed by atoms with van der Waals surface area (Å²) in [5.74, 6) is 0. The van der Waals surface area contributed by atoms with Crippen LogP contribution in [0, 0.1) is 0 Å². The SMILES string of the molecule is CC(C)(C)OC(=O)NCC(=Cc1csc(C=O)c1)B1OC(C)(C)C(C)(C)O1. The van der Waals surface area contributed by atoms with E-state index in [2.05, 4.69) is 5.32 Å². The molecule has 1 N–H and O–H groups in total.